The van der Waals surface area contributed by atoms with Crippen molar-refractivity contribution in [3.05, 3.63) is 41.9 Å². The first-order valence-electron chi connectivity index (χ1n) is 4.15. The first-order chi connectivity index (χ1) is 6.27. The van der Waals surface area contributed by atoms with Crippen LogP contribution in [0.15, 0.2) is 30.5 Å². The van der Waals surface area contributed by atoms with Gasteiger partial charge >= 0.3 is 0 Å². The first-order valence-corrected chi connectivity index (χ1v) is 4.15. The third kappa shape index (κ3) is 2.40. The van der Waals surface area contributed by atoms with Crippen LogP contribution in [0.2, 0.25) is 0 Å². The van der Waals surface area contributed by atoms with E-state index < -0.39 is 0 Å². The second-order valence-electron chi connectivity index (χ2n) is 2.69. The Morgan fingerprint density at radius 2 is 2.31 bits per heavy atom. The largest absolute Gasteiger partial charge is 0.404 e. The Hall–Kier alpha value is -1.64. The highest BCUT2D eigenvalue weighted by Gasteiger charge is 2.05. The number of aryl methyl sites for hydroxylation is 1. The molecule has 13 heavy (non-hydrogen) atoms. The molecule has 0 unspecified atom stereocenters. The molecule has 68 valence electrons. The van der Waals surface area contributed by atoms with Gasteiger partial charge < -0.3 is 5.73 Å². The molecule has 0 atom stereocenters. The van der Waals surface area contributed by atoms with Gasteiger partial charge in [-0.1, -0.05) is 6.07 Å². The van der Waals surface area contributed by atoms with E-state index in [9.17, 15) is 0 Å². The molecule has 0 aliphatic rings. The maximum atomic E-state index is 5.31. The number of hydrogen-bond donors (Lipinski definition) is 2. The van der Waals surface area contributed by atoms with Crippen molar-refractivity contribution in [1.82, 2.24) is 4.98 Å². The molecular formula is C10H14N3+. The highest BCUT2D eigenvalue weighted by atomic mass is 14.8. The van der Waals surface area contributed by atoms with Crippen molar-refractivity contribution in [2.45, 2.75) is 6.92 Å². The maximum Gasteiger partial charge on any atom is 0.225 e. The molecule has 0 aliphatic heterocycles. The van der Waals surface area contributed by atoms with Crippen LogP contribution in [-0.4, -0.2) is 17.7 Å². The van der Waals surface area contributed by atoms with Crippen molar-refractivity contribution in [2.24, 2.45) is 5.73 Å². The van der Waals surface area contributed by atoms with Gasteiger partial charge in [0, 0.05) is 18.0 Å². The molecule has 1 rings (SSSR count). The third-order valence-corrected chi connectivity index (χ3v) is 1.70. The minimum Gasteiger partial charge on any atom is -0.404 e. The molecule has 3 N–H and O–H groups in total. The fourth-order valence-electron chi connectivity index (χ4n) is 1.09. The van der Waals surface area contributed by atoms with Crippen LogP contribution in [0.3, 0.4) is 0 Å². The van der Waals surface area contributed by atoms with E-state index in [1.54, 1.807) is 6.08 Å². The van der Waals surface area contributed by atoms with Crippen LogP contribution in [0.25, 0.3) is 0 Å². The lowest BCUT2D eigenvalue weighted by molar-refractivity contribution is -0.418. The number of hydrogen-bond acceptors (Lipinski definition) is 2. The molecule has 0 saturated heterocycles. The van der Waals surface area contributed by atoms with Gasteiger partial charge in [-0.15, -0.1) is 0 Å². The Morgan fingerprint density at radius 1 is 1.54 bits per heavy atom. The summed E-state index contributed by atoms with van der Waals surface area (Å²) < 4.78 is 0. The highest BCUT2D eigenvalue weighted by molar-refractivity contribution is 6.02. The van der Waals surface area contributed by atoms with E-state index in [2.05, 4.69) is 9.98 Å². The van der Waals surface area contributed by atoms with E-state index in [-0.39, 0.29) is 0 Å². The van der Waals surface area contributed by atoms with Crippen LogP contribution < -0.4 is 10.7 Å². The molecule has 3 nitrogen and oxygen atoms in total. The summed E-state index contributed by atoms with van der Waals surface area (Å²) in [7, 11) is 1.85. The molecule has 0 spiro atoms. The van der Waals surface area contributed by atoms with Gasteiger partial charge in [-0.05, 0) is 19.1 Å². The predicted molar refractivity (Wildman–Crippen MR) is 53.3 cm³/mol. The molecule has 0 aliphatic carbocycles. The highest BCUT2D eigenvalue weighted by Crippen LogP contribution is 1.97. The average Bonchev–Trinajstić information content (AvgIpc) is 2.14. The summed E-state index contributed by atoms with van der Waals surface area (Å²) in [6.45, 7) is 1.96. The van der Waals surface area contributed by atoms with Gasteiger partial charge in [0.15, 0.2) is 0 Å². The second kappa shape index (κ2) is 4.40. The van der Waals surface area contributed by atoms with Gasteiger partial charge in [-0.3, -0.25) is 0 Å². The zero-order chi connectivity index (χ0) is 9.68. The molecule has 1 aromatic rings. The Balaban J connectivity index is 3.06. The lowest BCUT2D eigenvalue weighted by atomic mass is 10.2. The Morgan fingerprint density at radius 3 is 2.85 bits per heavy atom. The quantitative estimate of drug-likeness (QED) is 0.589. The van der Waals surface area contributed by atoms with E-state index in [1.807, 2.05) is 32.2 Å². The number of pyridine rings is 1. The van der Waals surface area contributed by atoms with Crippen molar-refractivity contribution >= 4 is 5.71 Å². The summed E-state index contributed by atoms with van der Waals surface area (Å²) in [5, 5.41) is 0. The Labute approximate surface area is 78.0 Å². The summed E-state index contributed by atoms with van der Waals surface area (Å²) in [5.41, 5.74) is 8.14. The molecule has 0 saturated carbocycles. The van der Waals surface area contributed by atoms with E-state index in [0.717, 1.165) is 17.1 Å². The number of nitrogens with one attached hydrogen (secondary N) is 1. The number of rotatable bonds is 2. The molecule has 1 heterocycles. The third-order valence-electron chi connectivity index (χ3n) is 1.70. The van der Waals surface area contributed by atoms with Crippen molar-refractivity contribution in [3.63, 3.8) is 0 Å². The maximum absolute atomic E-state index is 5.31. The van der Waals surface area contributed by atoms with Crippen LogP contribution in [0.5, 0.6) is 0 Å². The molecule has 0 aromatic carbocycles. The Kier molecular flexibility index (Phi) is 3.20. The molecule has 0 amide bonds. The van der Waals surface area contributed by atoms with Crippen molar-refractivity contribution in [3.8, 4) is 0 Å². The fourth-order valence-corrected chi connectivity index (χ4v) is 1.09. The first kappa shape index (κ1) is 9.45. The molecule has 0 radical (unpaired) electrons. The van der Waals surface area contributed by atoms with Crippen LogP contribution in [0.1, 0.15) is 11.4 Å². The SMILES string of the molecule is C[NH+]=C(C=CN)c1cccc(C)n1. The molecule has 3 heteroatoms. The van der Waals surface area contributed by atoms with Gasteiger partial charge in [0.25, 0.3) is 0 Å². The van der Waals surface area contributed by atoms with Gasteiger partial charge in [-0.25, -0.2) is 9.98 Å². The van der Waals surface area contributed by atoms with E-state index in [1.165, 1.54) is 6.20 Å². The van der Waals surface area contributed by atoms with Crippen molar-refractivity contribution < 1.29 is 4.99 Å². The fraction of sp³-hybridized carbons (Fsp3) is 0.200. The number of aromatic nitrogens is 1. The predicted octanol–water partition coefficient (Wildman–Crippen LogP) is -0.638. The molecule has 1 aromatic heterocycles. The smallest absolute Gasteiger partial charge is 0.225 e. The van der Waals surface area contributed by atoms with Crippen molar-refractivity contribution in [2.75, 3.05) is 7.05 Å². The number of allylic oxidation sites excluding steroid dienone is 1. The minimum absolute atomic E-state index is 0.907. The van der Waals surface area contributed by atoms with Gasteiger partial charge in [0.05, 0.1) is 0 Å². The van der Waals surface area contributed by atoms with E-state index in [4.69, 9.17) is 5.73 Å². The Bertz CT molecular complexity index is 340. The summed E-state index contributed by atoms with van der Waals surface area (Å²) in [6.07, 6.45) is 3.29. The van der Waals surface area contributed by atoms with E-state index >= 15 is 0 Å². The zero-order valence-electron chi connectivity index (χ0n) is 7.91. The molecular weight excluding hydrogens is 162 g/mol. The minimum atomic E-state index is 0.907. The van der Waals surface area contributed by atoms with Crippen LogP contribution in [0, 0.1) is 6.92 Å². The standard InChI is InChI=1S/C10H13N3/c1-8-4-3-5-10(13-8)9(12-2)6-7-11/h3-7H,11H2,1-2H3/p+1. The lowest BCUT2D eigenvalue weighted by Gasteiger charge is -1.95. The topological polar surface area (TPSA) is 52.9 Å². The van der Waals surface area contributed by atoms with Gasteiger partial charge in [0.1, 0.15) is 12.7 Å². The van der Waals surface area contributed by atoms with E-state index in [0.29, 0.717) is 0 Å². The number of nitrogens with zero attached hydrogens (tertiary/aromatic N) is 1. The molecule has 0 fully saturated rings. The van der Waals surface area contributed by atoms with Gasteiger partial charge in [0.2, 0.25) is 5.71 Å². The van der Waals surface area contributed by atoms with Crippen LogP contribution >= 0.6 is 0 Å². The summed E-state index contributed by atoms with van der Waals surface area (Å²) in [6, 6.07) is 5.88. The average molecular weight is 176 g/mol. The lowest BCUT2D eigenvalue weighted by Crippen LogP contribution is -2.67. The van der Waals surface area contributed by atoms with Crippen LogP contribution in [-0.2, 0) is 0 Å². The normalized spacial score (nSPS) is 12.3. The van der Waals surface area contributed by atoms with Gasteiger partial charge in [-0.2, -0.15) is 0 Å². The second-order valence-corrected chi connectivity index (χ2v) is 2.69. The van der Waals surface area contributed by atoms with Crippen molar-refractivity contribution in [1.29, 1.82) is 0 Å². The molecule has 0 bridgehead atoms. The summed E-state index contributed by atoms with van der Waals surface area (Å²) in [4.78, 5) is 7.39. The van der Waals surface area contributed by atoms with Crippen LogP contribution in [0.4, 0.5) is 0 Å². The summed E-state index contributed by atoms with van der Waals surface area (Å²) >= 11 is 0. The zero-order valence-corrected chi connectivity index (χ0v) is 7.91. The summed E-state index contributed by atoms with van der Waals surface area (Å²) in [5.74, 6) is 0. The monoisotopic (exact) mass is 176 g/mol. The number of nitrogens with two attached hydrogens (primary N) is 1.